The predicted octanol–water partition coefficient (Wildman–Crippen LogP) is 12.3. The van der Waals surface area contributed by atoms with Crippen LogP contribution in [0.1, 0.15) is 0 Å². The summed E-state index contributed by atoms with van der Waals surface area (Å²) < 4.78 is 4.55. The van der Waals surface area contributed by atoms with Crippen molar-refractivity contribution in [2.75, 3.05) is 0 Å². The van der Waals surface area contributed by atoms with Gasteiger partial charge in [-0.05, 0) is 59.2 Å². The van der Waals surface area contributed by atoms with Crippen LogP contribution in [0, 0.1) is 13.1 Å². The van der Waals surface area contributed by atoms with Gasteiger partial charge in [0.2, 0.25) is 0 Å². The highest BCUT2D eigenvalue weighted by Crippen LogP contribution is 2.41. The molecule has 0 aliphatic rings. The van der Waals surface area contributed by atoms with Gasteiger partial charge < -0.3 is 9.13 Å². The van der Waals surface area contributed by atoms with Gasteiger partial charge in [-0.15, -0.1) is 0 Å². The molecule has 48 heavy (non-hydrogen) atoms. The Hall–Kier alpha value is -6.88. The van der Waals surface area contributed by atoms with Crippen LogP contribution in [-0.4, -0.2) is 9.13 Å². The van der Waals surface area contributed by atoms with Gasteiger partial charge in [0.05, 0.1) is 29.7 Å². The highest BCUT2D eigenvalue weighted by atomic mass is 15.0. The zero-order valence-corrected chi connectivity index (χ0v) is 25.8. The Morgan fingerprint density at radius 1 is 0.375 bits per heavy atom. The van der Waals surface area contributed by atoms with Crippen molar-refractivity contribution in [3.8, 4) is 33.6 Å². The molecular formula is C44H26N4. The molecule has 0 N–H and O–H groups in total. The highest BCUT2D eigenvalue weighted by molar-refractivity contribution is 6.11. The maximum Gasteiger partial charge on any atom is 0.189 e. The Morgan fingerprint density at radius 2 is 0.875 bits per heavy atom. The molecule has 0 fully saturated rings. The SMILES string of the molecule is [C-]#[N+]c1ccc(-c2ccccc2-c2ccc(-n3c4ccccc4c4ccc([N+]#[C-])cc43)cc2)c(-n2c3ccccc3c3ccccc32)c1. The first-order valence-electron chi connectivity index (χ1n) is 15.8. The number of rotatable bonds is 4. The van der Waals surface area contributed by atoms with Gasteiger partial charge in [-0.25, -0.2) is 9.69 Å². The first-order chi connectivity index (χ1) is 23.7. The topological polar surface area (TPSA) is 18.6 Å². The van der Waals surface area contributed by atoms with Crippen LogP contribution in [0.25, 0.3) is 86.9 Å². The minimum absolute atomic E-state index is 0.602. The average Bonchev–Trinajstić information content (AvgIpc) is 3.67. The zero-order valence-electron chi connectivity index (χ0n) is 25.8. The number of para-hydroxylation sites is 3. The van der Waals surface area contributed by atoms with Crippen molar-refractivity contribution in [3.63, 3.8) is 0 Å². The normalized spacial score (nSPS) is 11.3. The van der Waals surface area contributed by atoms with Gasteiger partial charge in [0, 0.05) is 44.0 Å². The summed E-state index contributed by atoms with van der Waals surface area (Å²) in [6.45, 7) is 15.5. The van der Waals surface area contributed by atoms with Gasteiger partial charge in [0.1, 0.15) is 0 Å². The molecule has 0 spiro atoms. The molecule has 0 saturated heterocycles. The fraction of sp³-hybridized carbons (Fsp3) is 0. The van der Waals surface area contributed by atoms with E-state index in [2.05, 4.69) is 152 Å². The van der Waals surface area contributed by atoms with Gasteiger partial charge in [0.25, 0.3) is 0 Å². The van der Waals surface area contributed by atoms with Crippen LogP contribution in [0.4, 0.5) is 11.4 Å². The van der Waals surface area contributed by atoms with E-state index in [1.807, 2.05) is 24.3 Å². The summed E-state index contributed by atoms with van der Waals surface area (Å²) >= 11 is 0. The second-order valence-electron chi connectivity index (χ2n) is 11.9. The van der Waals surface area contributed by atoms with Crippen molar-refractivity contribution < 1.29 is 0 Å². The lowest BCUT2D eigenvalue weighted by Crippen LogP contribution is -1.98. The van der Waals surface area contributed by atoms with E-state index in [0.717, 1.165) is 61.1 Å². The molecule has 0 bridgehead atoms. The standard InChI is InChI=1S/C44H26N4/c1-45-30-22-26-39-37-15-5-8-16-40(37)47(43(39)27-30)32-23-19-29(20-24-32)33-11-3-4-12-34(33)38-25-21-31(46-2)28-44(38)48-41-17-9-6-13-35(41)36-14-7-10-18-42(36)48/h3-28H. The summed E-state index contributed by atoms with van der Waals surface area (Å²) in [5, 5.41) is 4.67. The maximum absolute atomic E-state index is 7.85. The van der Waals surface area contributed by atoms with Crippen LogP contribution in [0.5, 0.6) is 0 Å². The summed E-state index contributed by atoms with van der Waals surface area (Å²) in [7, 11) is 0. The highest BCUT2D eigenvalue weighted by Gasteiger charge is 2.18. The molecule has 7 aromatic carbocycles. The third kappa shape index (κ3) is 4.14. The van der Waals surface area contributed by atoms with E-state index >= 15 is 0 Å². The molecule has 0 aliphatic heterocycles. The van der Waals surface area contributed by atoms with Crippen LogP contribution in [0.3, 0.4) is 0 Å². The lowest BCUT2D eigenvalue weighted by atomic mass is 9.93. The Morgan fingerprint density at radius 3 is 1.50 bits per heavy atom. The van der Waals surface area contributed by atoms with Crippen molar-refractivity contribution in [3.05, 3.63) is 181 Å². The molecule has 4 heteroatoms. The fourth-order valence-corrected chi connectivity index (χ4v) is 7.25. The first kappa shape index (κ1) is 27.4. The van der Waals surface area contributed by atoms with Gasteiger partial charge >= 0.3 is 0 Å². The molecule has 4 nitrogen and oxygen atoms in total. The second kappa shape index (κ2) is 10.9. The van der Waals surface area contributed by atoms with Crippen molar-refractivity contribution >= 4 is 55.0 Å². The molecular weight excluding hydrogens is 585 g/mol. The van der Waals surface area contributed by atoms with E-state index < -0.39 is 0 Å². The van der Waals surface area contributed by atoms with Crippen LogP contribution in [0.2, 0.25) is 0 Å². The Balaban J connectivity index is 1.23. The van der Waals surface area contributed by atoms with Crippen molar-refractivity contribution in [1.29, 1.82) is 0 Å². The van der Waals surface area contributed by atoms with E-state index in [1.165, 1.54) is 16.2 Å². The number of hydrogen-bond acceptors (Lipinski definition) is 0. The van der Waals surface area contributed by atoms with E-state index in [0.29, 0.717) is 11.4 Å². The van der Waals surface area contributed by atoms with Crippen molar-refractivity contribution in [2.24, 2.45) is 0 Å². The van der Waals surface area contributed by atoms with Crippen molar-refractivity contribution in [1.82, 2.24) is 9.13 Å². The number of hydrogen-bond donors (Lipinski definition) is 0. The fourth-order valence-electron chi connectivity index (χ4n) is 7.25. The molecule has 0 saturated carbocycles. The van der Waals surface area contributed by atoms with Crippen LogP contribution >= 0.6 is 0 Å². The predicted molar refractivity (Wildman–Crippen MR) is 199 cm³/mol. The number of fused-ring (bicyclic) bond motifs is 6. The largest absolute Gasteiger partial charge is 0.311 e. The lowest BCUT2D eigenvalue weighted by Gasteiger charge is -2.18. The minimum Gasteiger partial charge on any atom is -0.311 e. The molecule has 2 heterocycles. The summed E-state index contributed by atoms with van der Waals surface area (Å²) in [4.78, 5) is 7.53. The molecule has 2 aromatic heterocycles. The number of nitrogens with zero attached hydrogens (tertiary/aromatic N) is 4. The second-order valence-corrected chi connectivity index (χ2v) is 11.9. The third-order valence-electron chi connectivity index (χ3n) is 9.37. The maximum atomic E-state index is 7.85. The van der Waals surface area contributed by atoms with Gasteiger partial charge in [-0.1, -0.05) is 115 Å². The number of aromatic nitrogens is 2. The van der Waals surface area contributed by atoms with Gasteiger partial charge in [-0.3, -0.25) is 0 Å². The molecule has 222 valence electrons. The molecule has 0 aliphatic carbocycles. The van der Waals surface area contributed by atoms with Crippen LogP contribution in [-0.2, 0) is 0 Å². The lowest BCUT2D eigenvalue weighted by molar-refractivity contribution is 1.18. The van der Waals surface area contributed by atoms with E-state index in [9.17, 15) is 0 Å². The summed E-state index contributed by atoms with van der Waals surface area (Å²) in [5.41, 5.74) is 12.0. The minimum atomic E-state index is 0.602. The Labute approximate surface area is 277 Å². The summed E-state index contributed by atoms with van der Waals surface area (Å²) in [6, 6.07) is 54.5. The molecule has 0 amide bonds. The molecule has 0 atom stereocenters. The third-order valence-corrected chi connectivity index (χ3v) is 9.37. The van der Waals surface area contributed by atoms with Gasteiger partial charge in [0.15, 0.2) is 11.4 Å². The monoisotopic (exact) mass is 610 g/mol. The number of benzene rings is 7. The first-order valence-corrected chi connectivity index (χ1v) is 15.8. The van der Waals surface area contributed by atoms with Crippen LogP contribution < -0.4 is 0 Å². The summed E-state index contributed by atoms with van der Waals surface area (Å²) in [6.07, 6.45) is 0. The molecule has 0 radical (unpaired) electrons. The van der Waals surface area contributed by atoms with E-state index in [-0.39, 0.29) is 0 Å². The summed E-state index contributed by atoms with van der Waals surface area (Å²) in [5.74, 6) is 0. The van der Waals surface area contributed by atoms with Crippen molar-refractivity contribution in [2.45, 2.75) is 0 Å². The average molecular weight is 611 g/mol. The molecule has 9 aromatic rings. The zero-order chi connectivity index (χ0) is 32.2. The smallest absolute Gasteiger partial charge is 0.189 e. The molecule has 0 unspecified atom stereocenters. The van der Waals surface area contributed by atoms with Gasteiger partial charge in [-0.2, -0.15) is 0 Å². The quantitative estimate of drug-likeness (QED) is 0.177. The van der Waals surface area contributed by atoms with E-state index in [1.54, 1.807) is 0 Å². The Bertz CT molecular complexity index is 2750. The Kier molecular flexibility index (Phi) is 6.22. The van der Waals surface area contributed by atoms with E-state index in [4.69, 9.17) is 13.1 Å². The van der Waals surface area contributed by atoms with Crippen LogP contribution in [0.15, 0.2) is 158 Å². The molecule has 9 rings (SSSR count).